The van der Waals surface area contributed by atoms with E-state index in [1.54, 1.807) is 0 Å². The molecule has 0 bridgehead atoms. The number of aromatic nitrogens is 1. The van der Waals surface area contributed by atoms with Gasteiger partial charge in [-0.25, -0.2) is 0 Å². The van der Waals surface area contributed by atoms with Gasteiger partial charge in [0.2, 0.25) is 5.91 Å². The highest BCUT2D eigenvalue weighted by Gasteiger charge is 2.18. The quantitative estimate of drug-likeness (QED) is 0.0874. The molecule has 0 saturated carbocycles. The van der Waals surface area contributed by atoms with Crippen LogP contribution in [0.3, 0.4) is 0 Å². The second kappa shape index (κ2) is 17.5. The lowest BCUT2D eigenvalue weighted by atomic mass is 9.92. The van der Waals surface area contributed by atoms with Crippen LogP contribution in [0.4, 0.5) is 17.1 Å². The van der Waals surface area contributed by atoms with Gasteiger partial charge in [0.05, 0.1) is 16.8 Å². The molecule has 4 aromatic rings. The van der Waals surface area contributed by atoms with Crippen LogP contribution in [0, 0.1) is 13.8 Å². The molecule has 248 valence electrons. The van der Waals surface area contributed by atoms with Crippen molar-refractivity contribution in [2.24, 2.45) is 0 Å². The highest BCUT2D eigenvalue weighted by molar-refractivity contribution is 6.00. The number of hydrogen-bond acceptors (Lipinski definition) is 5. The van der Waals surface area contributed by atoms with Gasteiger partial charge in [-0.2, -0.15) is 0 Å². The number of unbranched alkanes of at least 4 members (excludes halogenated alkanes) is 5. The average molecular weight is 634 g/mol. The molecule has 0 aliphatic heterocycles. The summed E-state index contributed by atoms with van der Waals surface area (Å²) in [5.41, 5.74) is 9.90. The molecule has 7 nitrogen and oxygen atoms in total. The lowest BCUT2D eigenvalue weighted by Gasteiger charge is -2.21. The van der Waals surface area contributed by atoms with Crippen molar-refractivity contribution < 1.29 is 9.59 Å². The smallest absolute Gasteiger partial charge is 0.253 e. The summed E-state index contributed by atoms with van der Waals surface area (Å²) in [6.07, 6.45) is 12.2. The van der Waals surface area contributed by atoms with Crippen molar-refractivity contribution in [1.29, 1.82) is 0 Å². The minimum Gasteiger partial charge on any atom is -0.384 e. The number of para-hydroxylation sites is 2. The Hall–Kier alpha value is -4.39. The third kappa shape index (κ3) is 9.57. The fourth-order valence-corrected chi connectivity index (χ4v) is 6.41. The van der Waals surface area contributed by atoms with Crippen LogP contribution in [0.2, 0.25) is 0 Å². The predicted molar refractivity (Wildman–Crippen MR) is 195 cm³/mol. The summed E-state index contributed by atoms with van der Waals surface area (Å²) in [5.74, 6) is 0.0354. The first-order valence-corrected chi connectivity index (χ1v) is 17.6. The number of nitrogens with zero attached hydrogens (tertiary/aromatic N) is 1. The molecule has 0 spiro atoms. The number of hydrogen-bond donors (Lipinski definition) is 4. The van der Waals surface area contributed by atoms with Gasteiger partial charge in [-0.15, -0.1) is 0 Å². The molecule has 1 aliphatic rings. The molecule has 0 saturated heterocycles. The maximum atomic E-state index is 12.9. The standard InChI is InChI=1S/C40H51N5O2/c1-29-17-16-24-34(30(29)2)44-37-23-12-9-20-33(37)40(47)43-28-15-5-6-25-38(46)41-26-13-3-4-14-27-42-39-31-18-7-10-21-35(31)45-36-22-11-8-19-32(36)39/h7,9-10,12,16-18,20-21,23-24,44H,3-6,8,11,13-15,19,22,25-28H2,1-2H3,(H,41,46)(H,42,45)(H,43,47). The molecule has 0 fully saturated rings. The topological polar surface area (TPSA) is 95.2 Å². The number of pyridine rings is 1. The van der Waals surface area contributed by atoms with Crippen LogP contribution in [-0.4, -0.2) is 36.4 Å². The number of fused-ring (bicyclic) bond motifs is 2. The van der Waals surface area contributed by atoms with E-state index in [1.165, 1.54) is 46.3 Å². The molecule has 1 heterocycles. The number of rotatable bonds is 17. The van der Waals surface area contributed by atoms with Crippen molar-refractivity contribution in [1.82, 2.24) is 15.6 Å². The number of carbonyl (C=O) groups excluding carboxylic acids is 2. The van der Waals surface area contributed by atoms with Crippen LogP contribution in [0.1, 0.15) is 97.0 Å². The van der Waals surface area contributed by atoms with Crippen molar-refractivity contribution in [3.63, 3.8) is 0 Å². The minimum atomic E-state index is -0.0864. The summed E-state index contributed by atoms with van der Waals surface area (Å²) in [6, 6.07) is 22.2. The van der Waals surface area contributed by atoms with Gasteiger partial charge in [0.25, 0.3) is 5.91 Å². The van der Waals surface area contributed by atoms with E-state index in [9.17, 15) is 9.59 Å². The number of nitrogens with one attached hydrogen (secondary N) is 4. The van der Waals surface area contributed by atoms with Gasteiger partial charge in [0.1, 0.15) is 0 Å². The Kier molecular flexibility index (Phi) is 12.6. The van der Waals surface area contributed by atoms with E-state index in [-0.39, 0.29) is 11.8 Å². The molecule has 0 radical (unpaired) electrons. The molecular formula is C40H51N5O2. The monoisotopic (exact) mass is 633 g/mol. The van der Waals surface area contributed by atoms with Crippen molar-refractivity contribution in [2.45, 2.75) is 90.9 Å². The summed E-state index contributed by atoms with van der Waals surface area (Å²) in [4.78, 5) is 30.2. The van der Waals surface area contributed by atoms with Gasteiger partial charge in [0.15, 0.2) is 0 Å². The Morgan fingerprint density at radius 2 is 1.40 bits per heavy atom. The zero-order valence-corrected chi connectivity index (χ0v) is 28.2. The van der Waals surface area contributed by atoms with Gasteiger partial charge in [0, 0.05) is 48.5 Å². The van der Waals surface area contributed by atoms with Crippen LogP contribution in [0.5, 0.6) is 0 Å². The van der Waals surface area contributed by atoms with Gasteiger partial charge >= 0.3 is 0 Å². The number of benzene rings is 3. The van der Waals surface area contributed by atoms with Crippen LogP contribution in [-0.2, 0) is 17.6 Å². The van der Waals surface area contributed by atoms with E-state index < -0.39 is 0 Å². The Balaban J connectivity index is 0.909. The second-order valence-corrected chi connectivity index (χ2v) is 12.8. The molecule has 4 N–H and O–H groups in total. The van der Waals surface area contributed by atoms with Crippen molar-refractivity contribution >= 4 is 39.8 Å². The predicted octanol–water partition coefficient (Wildman–Crippen LogP) is 8.55. The van der Waals surface area contributed by atoms with Crippen LogP contribution >= 0.6 is 0 Å². The second-order valence-electron chi connectivity index (χ2n) is 12.8. The Bertz CT molecular complexity index is 1650. The molecule has 2 amide bonds. The van der Waals surface area contributed by atoms with Crippen molar-refractivity contribution in [2.75, 3.05) is 30.3 Å². The van der Waals surface area contributed by atoms with Gasteiger partial charge in [-0.3, -0.25) is 14.6 Å². The first kappa shape index (κ1) is 34.0. The van der Waals surface area contributed by atoms with Crippen LogP contribution in [0.25, 0.3) is 10.9 Å². The number of anilines is 3. The van der Waals surface area contributed by atoms with Crippen LogP contribution in [0.15, 0.2) is 66.7 Å². The number of carbonyl (C=O) groups is 2. The van der Waals surface area contributed by atoms with Gasteiger partial charge < -0.3 is 21.3 Å². The fraction of sp³-hybridized carbons (Fsp3) is 0.425. The fourth-order valence-electron chi connectivity index (χ4n) is 6.41. The minimum absolute atomic E-state index is 0.0864. The zero-order chi connectivity index (χ0) is 32.8. The van der Waals surface area contributed by atoms with E-state index in [0.717, 1.165) is 87.8 Å². The third-order valence-corrected chi connectivity index (χ3v) is 9.31. The highest BCUT2D eigenvalue weighted by atomic mass is 16.2. The lowest BCUT2D eigenvalue weighted by molar-refractivity contribution is -0.121. The number of amides is 2. The van der Waals surface area contributed by atoms with Gasteiger partial charge in [-0.1, -0.05) is 61.7 Å². The van der Waals surface area contributed by atoms with E-state index in [1.807, 2.05) is 36.4 Å². The zero-order valence-electron chi connectivity index (χ0n) is 28.2. The molecule has 0 unspecified atom stereocenters. The molecule has 3 aromatic carbocycles. The molecule has 1 aromatic heterocycles. The molecular weight excluding hydrogens is 582 g/mol. The SMILES string of the molecule is Cc1cccc(Nc2ccccc2C(=O)NCCCCCC(=O)NCCCCCCNc2c3c(nc4ccccc24)CCCC3)c1C. The molecule has 47 heavy (non-hydrogen) atoms. The molecule has 5 rings (SSSR count). The summed E-state index contributed by atoms with van der Waals surface area (Å²) >= 11 is 0. The van der Waals surface area contributed by atoms with E-state index in [2.05, 4.69) is 65.4 Å². The highest BCUT2D eigenvalue weighted by Crippen LogP contribution is 2.33. The van der Waals surface area contributed by atoms with Gasteiger partial charge in [-0.05, 0) is 106 Å². The van der Waals surface area contributed by atoms with Crippen LogP contribution < -0.4 is 21.3 Å². The largest absolute Gasteiger partial charge is 0.384 e. The maximum absolute atomic E-state index is 12.9. The van der Waals surface area contributed by atoms with Crippen molar-refractivity contribution in [3.05, 3.63) is 94.7 Å². The Labute approximate surface area is 280 Å². The summed E-state index contributed by atoms with van der Waals surface area (Å²) in [6.45, 7) is 6.45. The summed E-state index contributed by atoms with van der Waals surface area (Å²) in [5, 5.41) is 14.6. The maximum Gasteiger partial charge on any atom is 0.253 e. The first-order valence-electron chi connectivity index (χ1n) is 17.6. The average Bonchev–Trinajstić information content (AvgIpc) is 3.09. The van der Waals surface area contributed by atoms with Crippen molar-refractivity contribution in [3.8, 4) is 0 Å². The molecule has 1 aliphatic carbocycles. The number of aryl methyl sites for hydroxylation is 2. The van der Waals surface area contributed by atoms with E-state index in [4.69, 9.17) is 4.98 Å². The normalized spacial score (nSPS) is 12.4. The third-order valence-electron chi connectivity index (χ3n) is 9.31. The summed E-state index contributed by atoms with van der Waals surface area (Å²) in [7, 11) is 0. The lowest BCUT2D eigenvalue weighted by Crippen LogP contribution is -2.25. The molecule has 7 heteroatoms. The van der Waals surface area contributed by atoms with E-state index >= 15 is 0 Å². The Morgan fingerprint density at radius 3 is 2.28 bits per heavy atom. The molecule has 0 atom stereocenters. The summed E-state index contributed by atoms with van der Waals surface area (Å²) < 4.78 is 0. The first-order chi connectivity index (χ1) is 23.0. The van der Waals surface area contributed by atoms with E-state index in [0.29, 0.717) is 18.5 Å². The Morgan fingerprint density at radius 1 is 0.702 bits per heavy atom.